The Bertz CT molecular complexity index is 796. The maximum Gasteiger partial charge on any atom is 0.296 e. The van der Waals surface area contributed by atoms with Gasteiger partial charge in [-0.1, -0.05) is 49.4 Å². The van der Waals surface area contributed by atoms with E-state index in [1.54, 1.807) is 19.2 Å². The van der Waals surface area contributed by atoms with Crippen molar-refractivity contribution in [3.63, 3.8) is 0 Å². The maximum atomic E-state index is 12.8. The van der Waals surface area contributed by atoms with Gasteiger partial charge in [-0.15, -0.1) is 0 Å². The number of aliphatic imine (C=N–C) groups is 1. The van der Waals surface area contributed by atoms with Crippen molar-refractivity contribution >= 4 is 12.1 Å². The molecular formula is C26H37N3O2. The summed E-state index contributed by atoms with van der Waals surface area (Å²) in [6, 6.07) is 9.40. The summed E-state index contributed by atoms with van der Waals surface area (Å²) in [6.45, 7) is 8.39. The zero-order valence-corrected chi connectivity index (χ0v) is 19.1. The lowest BCUT2D eigenvalue weighted by Gasteiger charge is -2.18. The monoisotopic (exact) mass is 423 g/mol. The minimum absolute atomic E-state index is 0.111. The van der Waals surface area contributed by atoms with Crippen LogP contribution in [0.4, 0.5) is 0 Å². The molecule has 5 heteroatoms. The molecule has 0 spiro atoms. The molecule has 1 heterocycles. The number of hydroxylamine groups is 2. The minimum atomic E-state index is -0.528. The smallest absolute Gasteiger partial charge is 0.296 e. The Labute approximate surface area is 187 Å². The number of carbonyl (C=O) groups is 1. The first-order valence-corrected chi connectivity index (χ1v) is 11.3. The first kappa shape index (κ1) is 24.8. The topological polar surface area (TPSA) is 56.1 Å². The number of nitrogens with zero attached hydrogens (tertiary/aromatic N) is 3. The minimum Gasteiger partial charge on any atom is -0.306 e. The highest BCUT2D eigenvalue weighted by atomic mass is 16.5. The van der Waals surface area contributed by atoms with Crippen LogP contribution in [0, 0.1) is 0 Å². The third-order valence-electron chi connectivity index (χ3n) is 5.49. The SMILES string of the molecule is C=C(/C=C(\N=CC)C(=O)N(O)Cc1ccccc1)C1=CCCCCN(C)CCCCC1. The number of hydrogen-bond donors (Lipinski definition) is 1. The summed E-state index contributed by atoms with van der Waals surface area (Å²) in [6.07, 6.45) is 13.3. The molecule has 1 aliphatic heterocycles. The van der Waals surface area contributed by atoms with E-state index < -0.39 is 5.91 Å². The van der Waals surface area contributed by atoms with Gasteiger partial charge in [-0.05, 0) is 88.4 Å². The Balaban J connectivity index is 2.11. The predicted molar refractivity (Wildman–Crippen MR) is 128 cm³/mol. The van der Waals surface area contributed by atoms with Gasteiger partial charge in [-0.25, -0.2) is 5.06 Å². The van der Waals surface area contributed by atoms with Crippen molar-refractivity contribution in [2.75, 3.05) is 20.1 Å². The molecule has 0 atom stereocenters. The van der Waals surface area contributed by atoms with Crippen molar-refractivity contribution in [3.8, 4) is 0 Å². The van der Waals surface area contributed by atoms with Gasteiger partial charge in [-0.2, -0.15) is 0 Å². The molecule has 1 amide bonds. The molecule has 0 unspecified atom stereocenters. The number of hydrogen-bond acceptors (Lipinski definition) is 4. The van der Waals surface area contributed by atoms with Gasteiger partial charge in [0.25, 0.3) is 5.91 Å². The fourth-order valence-corrected chi connectivity index (χ4v) is 3.69. The van der Waals surface area contributed by atoms with E-state index in [-0.39, 0.29) is 12.2 Å². The number of benzene rings is 1. The fraction of sp³-hybridized carbons (Fsp3) is 0.462. The van der Waals surface area contributed by atoms with Gasteiger partial charge >= 0.3 is 0 Å². The molecule has 0 bridgehead atoms. The van der Waals surface area contributed by atoms with Crippen LogP contribution in [-0.2, 0) is 11.3 Å². The molecule has 0 radical (unpaired) electrons. The normalized spacial score (nSPS) is 17.5. The Morgan fingerprint density at radius 2 is 1.87 bits per heavy atom. The molecule has 0 fully saturated rings. The zero-order valence-electron chi connectivity index (χ0n) is 19.1. The van der Waals surface area contributed by atoms with Crippen molar-refractivity contribution in [2.45, 2.75) is 58.4 Å². The Morgan fingerprint density at radius 1 is 1.16 bits per heavy atom. The van der Waals surface area contributed by atoms with E-state index in [4.69, 9.17) is 0 Å². The van der Waals surface area contributed by atoms with Crippen molar-refractivity contribution in [1.82, 2.24) is 9.96 Å². The van der Waals surface area contributed by atoms with Gasteiger partial charge in [0.05, 0.1) is 6.54 Å². The summed E-state index contributed by atoms with van der Waals surface area (Å²) in [4.78, 5) is 19.5. The number of allylic oxidation sites excluding steroid dienone is 4. The molecule has 1 N–H and O–H groups in total. The van der Waals surface area contributed by atoms with Gasteiger partial charge in [0, 0.05) is 6.21 Å². The summed E-state index contributed by atoms with van der Waals surface area (Å²) in [5.74, 6) is -0.528. The molecule has 5 nitrogen and oxygen atoms in total. The van der Waals surface area contributed by atoms with Crippen molar-refractivity contribution < 1.29 is 10.0 Å². The van der Waals surface area contributed by atoms with Gasteiger partial charge < -0.3 is 4.90 Å². The second-order valence-corrected chi connectivity index (χ2v) is 8.13. The molecule has 2 rings (SSSR count). The highest BCUT2D eigenvalue weighted by Crippen LogP contribution is 2.22. The highest BCUT2D eigenvalue weighted by Gasteiger charge is 2.17. The van der Waals surface area contributed by atoms with Gasteiger partial charge in [0.2, 0.25) is 0 Å². The molecule has 0 saturated carbocycles. The van der Waals surface area contributed by atoms with Crippen LogP contribution in [0.5, 0.6) is 0 Å². The van der Waals surface area contributed by atoms with Crippen LogP contribution in [0.15, 0.2) is 70.9 Å². The number of amides is 1. The van der Waals surface area contributed by atoms with E-state index in [0.29, 0.717) is 5.06 Å². The molecule has 0 saturated heterocycles. The number of rotatable bonds is 6. The standard InChI is InChI=1S/C26H37N3O2/c1-4-27-25(26(30)29(31)21-23-14-8-5-9-15-23)20-22(2)24-16-10-6-12-18-28(3)19-13-7-11-17-24/h4-5,8-9,14-16,20,31H,2,6-7,10-13,17-19,21H2,1,3H3/b24-16?,25-20-,27-4?. The Hall–Kier alpha value is -2.50. The van der Waals surface area contributed by atoms with E-state index in [2.05, 4.69) is 29.6 Å². The molecule has 0 aromatic heterocycles. The van der Waals surface area contributed by atoms with E-state index >= 15 is 0 Å². The lowest BCUT2D eigenvalue weighted by Crippen LogP contribution is -2.28. The molecule has 0 aliphatic carbocycles. The van der Waals surface area contributed by atoms with E-state index in [9.17, 15) is 10.0 Å². The highest BCUT2D eigenvalue weighted by molar-refractivity contribution is 5.94. The quantitative estimate of drug-likeness (QED) is 0.215. The third kappa shape index (κ3) is 9.03. The molecule has 1 aliphatic rings. The molecular weight excluding hydrogens is 386 g/mol. The second-order valence-electron chi connectivity index (χ2n) is 8.13. The summed E-state index contributed by atoms with van der Waals surface area (Å²) < 4.78 is 0. The van der Waals surface area contributed by atoms with E-state index in [1.165, 1.54) is 24.8 Å². The summed E-state index contributed by atoms with van der Waals surface area (Å²) >= 11 is 0. The van der Waals surface area contributed by atoms with Gasteiger partial charge in [0.15, 0.2) is 0 Å². The Kier molecular flexibility index (Phi) is 11.0. The van der Waals surface area contributed by atoms with E-state index in [0.717, 1.165) is 49.9 Å². The fourth-order valence-electron chi connectivity index (χ4n) is 3.69. The summed E-state index contributed by atoms with van der Waals surface area (Å²) in [7, 11) is 2.20. The number of carbonyl (C=O) groups excluding carboxylic acids is 1. The van der Waals surface area contributed by atoms with Crippen LogP contribution in [0.1, 0.15) is 57.4 Å². The summed E-state index contributed by atoms with van der Waals surface area (Å²) in [5.41, 5.74) is 3.03. The van der Waals surface area contributed by atoms with E-state index in [1.807, 2.05) is 30.3 Å². The van der Waals surface area contributed by atoms with Crippen LogP contribution in [0.25, 0.3) is 0 Å². The molecule has 1 aromatic rings. The van der Waals surface area contributed by atoms with Crippen molar-refractivity contribution in [1.29, 1.82) is 0 Å². The second kappa shape index (κ2) is 13.7. The van der Waals surface area contributed by atoms with Crippen LogP contribution in [0.2, 0.25) is 0 Å². The van der Waals surface area contributed by atoms with Crippen LogP contribution >= 0.6 is 0 Å². The first-order valence-electron chi connectivity index (χ1n) is 11.3. The van der Waals surface area contributed by atoms with Crippen LogP contribution < -0.4 is 0 Å². The molecule has 31 heavy (non-hydrogen) atoms. The maximum absolute atomic E-state index is 12.8. The predicted octanol–water partition coefficient (Wildman–Crippen LogP) is 5.54. The average Bonchev–Trinajstić information content (AvgIpc) is 2.75. The third-order valence-corrected chi connectivity index (χ3v) is 5.49. The largest absolute Gasteiger partial charge is 0.306 e. The van der Waals surface area contributed by atoms with Crippen LogP contribution in [-0.4, -0.2) is 47.4 Å². The lowest BCUT2D eigenvalue weighted by atomic mass is 9.97. The first-order chi connectivity index (χ1) is 15.0. The zero-order chi connectivity index (χ0) is 22.5. The average molecular weight is 424 g/mol. The lowest BCUT2D eigenvalue weighted by molar-refractivity contribution is -0.163. The van der Waals surface area contributed by atoms with Crippen molar-refractivity contribution in [2.24, 2.45) is 4.99 Å². The Morgan fingerprint density at radius 3 is 2.58 bits per heavy atom. The van der Waals surface area contributed by atoms with Crippen molar-refractivity contribution in [3.05, 3.63) is 71.5 Å². The van der Waals surface area contributed by atoms with Crippen LogP contribution in [0.3, 0.4) is 0 Å². The molecule has 168 valence electrons. The van der Waals surface area contributed by atoms with Gasteiger partial charge in [-0.3, -0.25) is 15.0 Å². The van der Waals surface area contributed by atoms with Gasteiger partial charge in [0.1, 0.15) is 5.70 Å². The molecule has 1 aromatic carbocycles. The summed E-state index contributed by atoms with van der Waals surface area (Å²) in [5, 5.41) is 11.1.